The number of halogens is 3. The average molecular weight is 413 g/mol. The normalized spacial score (nSPS) is 11.7. The summed E-state index contributed by atoms with van der Waals surface area (Å²) in [4.78, 5) is 29.0. The Morgan fingerprint density at radius 1 is 1.33 bits per heavy atom. The van der Waals surface area contributed by atoms with E-state index in [2.05, 4.69) is 10.3 Å². The van der Waals surface area contributed by atoms with Gasteiger partial charge < -0.3 is 5.32 Å². The zero-order valence-corrected chi connectivity index (χ0v) is 15.7. The molecule has 3 rings (SSSR count). The van der Waals surface area contributed by atoms with Crippen LogP contribution in [0.2, 0.25) is 0 Å². The van der Waals surface area contributed by atoms with Gasteiger partial charge in [-0.1, -0.05) is 6.07 Å². The maximum atomic E-state index is 12.7. The number of thiazole rings is 1. The Morgan fingerprint density at radius 2 is 2.11 bits per heavy atom. The Morgan fingerprint density at radius 3 is 2.85 bits per heavy atom. The summed E-state index contributed by atoms with van der Waals surface area (Å²) in [6.45, 7) is 1.82. The molecule has 27 heavy (non-hydrogen) atoms. The fraction of sp³-hybridized carbons (Fsp3) is 0.235. The molecule has 0 aliphatic rings. The van der Waals surface area contributed by atoms with Gasteiger partial charge in [-0.25, -0.2) is 4.98 Å². The van der Waals surface area contributed by atoms with E-state index < -0.39 is 17.6 Å². The van der Waals surface area contributed by atoms with E-state index in [1.165, 1.54) is 45.7 Å². The fourth-order valence-electron chi connectivity index (χ4n) is 2.39. The summed E-state index contributed by atoms with van der Waals surface area (Å²) < 4.78 is 39.6. The van der Waals surface area contributed by atoms with Crippen molar-refractivity contribution in [2.24, 2.45) is 0 Å². The van der Waals surface area contributed by atoms with Gasteiger partial charge in [0.15, 0.2) is 4.96 Å². The monoisotopic (exact) mass is 413 g/mol. The number of hydrogen-bond acceptors (Lipinski definition) is 5. The van der Waals surface area contributed by atoms with Crippen LogP contribution in [-0.2, 0) is 16.7 Å². The number of carbonyl (C=O) groups is 1. The summed E-state index contributed by atoms with van der Waals surface area (Å²) in [5, 5.41) is 4.28. The highest BCUT2D eigenvalue weighted by Crippen LogP contribution is 2.30. The minimum absolute atomic E-state index is 0.0285. The van der Waals surface area contributed by atoms with Crippen LogP contribution < -0.4 is 10.9 Å². The van der Waals surface area contributed by atoms with Gasteiger partial charge in [-0.05, 0) is 25.1 Å². The molecule has 10 heteroatoms. The van der Waals surface area contributed by atoms with Crippen LogP contribution in [0.5, 0.6) is 0 Å². The lowest BCUT2D eigenvalue weighted by Crippen LogP contribution is -2.16. The third kappa shape index (κ3) is 4.69. The van der Waals surface area contributed by atoms with E-state index in [-0.39, 0.29) is 17.0 Å². The van der Waals surface area contributed by atoms with Gasteiger partial charge >= 0.3 is 6.18 Å². The highest BCUT2D eigenvalue weighted by Gasteiger charge is 2.30. The van der Waals surface area contributed by atoms with Crippen molar-refractivity contribution >= 4 is 39.7 Å². The first-order valence-corrected chi connectivity index (χ1v) is 9.79. The maximum Gasteiger partial charge on any atom is 0.416 e. The number of nitrogens with zero attached hydrogens (tertiary/aromatic N) is 2. The third-order valence-corrected chi connectivity index (χ3v) is 5.50. The Hall–Kier alpha value is -2.33. The van der Waals surface area contributed by atoms with Crippen LogP contribution in [0.3, 0.4) is 0 Å². The molecule has 1 aromatic carbocycles. The van der Waals surface area contributed by atoms with Gasteiger partial charge in [0.25, 0.3) is 5.56 Å². The lowest BCUT2D eigenvalue weighted by Gasteiger charge is -2.09. The van der Waals surface area contributed by atoms with E-state index in [1.807, 2.05) is 12.3 Å². The molecule has 0 atom stereocenters. The van der Waals surface area contributed by atoms with E-state index in [0.29, 0.717) is 16.4 Å². The number of anilines is 1. The molecule has 0 radical (unpaired) electrons. The van der Waals surface area contributed by atoms with Crippen molar-refractivity contribution in [1.29, 1.82) is 0 Å². The van der Waals surface area contributed by atoms with E-state index in [0.717, 1.165) is 17.8 Å². The number of thioether (sulfide) groups is 1. The van der Waals surface area contributed by atoms with Gasteiger partial charge in [-0.15, -0.1) is 23.1 Å². The highest BCUT2D eigenvalue weighted by atomic mass is 32.2. The average Bonchev–Trinajstić information content (AvgIpc) is 2.96. The fourth-order valence-corrected chi connectivity index (χ4v) is 4.00. The number of benzene rings is 1. The number of rotatable bonds is 5. The number of nitrogens with one attached hydrogen (secondary N) is 1. The summed E-state index contributed by atoms with van der Waals surface area (Å²) in [5.74, 6) is -0.0523. The molecular formula is C17H14F3N3O2S2. The summed E-state index contributed by atoms with van der Waals surface area (Å²) in [6, 6.07) is 5.88. The number of alkyl halides is 3. The molecule has 0 unspecified atom stereocenters. The molecule has 1 N–H and O–H groups in total. The standard InChI is InChI=1S/C17H14F3N3O2S2/c1-10-7-27-16-22-13(6-15(25)23(10)16)8-26-9-14(24)21-12-4-2-3-11(5-12)17(18,19)20/h2-7H,8-9H2,1H3,(H,21,24). The zero-order valence-electron chi connectivity index (χ0n) is 14.0. The molecule has 0 saturated carbocycles. The van der Waals surface area contributed by atoms with E-state index in [1.54, 1.807) is 0 Å². The van der Waals surface area contributed by atoms with Crippen LogP contribution >= 0.6 is 23.1 Å². The quantitative estimate of drug-likeness (QED) is 0.688. The van der Waals surface area contributed by atoms with E-state index in [9.17, 15) is 22.8 Å². The van der Waals surface area contributed by atoms with E-state index in [4.69, 9.17) is 0 Å². The lowest BCUT2D eigenvalue weighted by atomic mass is 10.2. The van der Waals surface area contributed by atoms with Gasteiger partial charge in [-0.3, -0.25) is 14.0 Å². The minimum Gasteiger partial charge on any atom is -0.325 e. The van der Waals surface area contributed by atoms with Crippen molar-refractivity contribution in [3.05, 3.63) is 63.0 Å². The summed E-state index contributed by atoms with van der Waals surface area (Å²) >= 11 is 2.59. The molecule has 1 amide bonds. The smallest absolute Gasteiger partial charge is 0.325 e. The number of aromatic nitrogens is 2. The second-order valence-corrected chi connectivity index (χ2v) is 7.52. The molecule has 0 bridgehead atoms. The highest BCUT2D eigenvalue weighted by molar-refractivity contribution is 7.99. The maximum absolute atomic E-state index is 12.7. The van der Waals surface area contributed by atoms with Crippen molar-refractivity contribution in [2.45, 2.75) is 18.9 Å². The molecule has 0 saturated heterocycles. The Balaban J connectivity index is 1.58. The molecule has 142 valence electrons. The Labute approximate surface area is 160 Å². The Bertz CT molecular complexity index is 1040. The zero-order chi connectivity index (χ0) is 19.6. The SMILES string of the molecule is Cc1csc2nc(CSCC(=O)Nc3cccc(C(F)(F)F)c3)cc(=O)n12. The molecule has 2 aromatic heterocycles. The first-order chi connectivity index (χ1) is 12.7. The van der Waals surface area contributed by atoms with Crippen molar-refractivity contribution < 1.29 is 18.0 Å². The molecular weight excluding hydrogens is 399 g/mol. The number of hydrogen-bond donors (Lipinski definition) is 1. The van der Waals surface area contributed by atoms with Gasteiger partial charge in [0.05, 0.1) is 17.0 Å². The predicted octanol–water partition coefficient (Wildman–Crippen LogP) is 3.96. The third-order valence-electron chi connectivity index (χ3n) is 3.59. The van der Waals surface area contributed by atoms with Crippen molar-refractivity contribution in [1.82, 2.24) is 9.38 Å². The summed E-state index contributed by atoms with van der Waals surface area (Å²) in [7, 11) is 0. The number of aryl methyl sites for hydroxylation is 1. The lowest BCUT2D eigenvalue weighted by molar-refractivity contribution is -0.137. The van der Waals surface area contributed by atoms with Crippen LogP contribution in [0.1, 0.15) is 17.0 Å². The first-order valence-electron chi connectivity index (χ1n) is 7.75. The van der Waals surface area contributed by atoms with Crippen molar-refractivity contribution in [3.8, 4) is 0 Å². The second kappa shape index (κ2) is 7.73. The summed E-state index contributed by atoms with van der Waals surface area (Å²) in [6.07, 6.45) is -4.46. The number of fused-ring (bicyclic) bond motifs is 1. The van der Waals surface area contributed by atoms with Crippen LogP contribution in [0.4, 0.5) is 18.9 Å². The van der Waals surface area contributed by atoms with E-state index >= 15 is 0 Å². The Kier molecular flexibility index (Phi) is 5.56. The molecule has 0 fully saturated rings. The predicted molar refractivity (Wildman–Crippen MR) is 100 cm³/mol. The number of amides is 1. The van der Waals surface area contributed by atoms with Crippen LogP contribution in [0, 0.1) is 6.92 Å². The molecule has 0 aliphatic carbocycles. The second-order valence-electron chi connectivity index (χ2n) is 5.70. The van der Waals surface area contributed by atoms with Crippen LogP contribution in [-0.4, -0.2) is 21.0 Å². The van der Waals surface area contributed by atoms with Crippen LogP contribution in [0.15, 0.2) is 40.5 Å². The topological polar surface area (TPSA) is 63.5 Å². The van der Waals surface area contributed by atoms with Crippen LogP contribution in [0.25, 0.3) is 4.96 Å². The molecule has 2 heterocycles. The van der Waals surface area contributed by atoms with Gasteiger partial charge in [-0.2, -0.15) is 13.2 Å². The minimum atomic E-state index is -4.46. The van der Waals surface area contributed by atoms with Gasteiger partial charge in [0.1, 0.15) is 0 Å². The number of carbonyl (C=O) groups excluding carboxylic acids is 1. The summed E-state index contributed by atoms with van der Waals surface area (Å²) in [5.41, 5.74) is 0.452. The van der Waals surface area contributed by atoms with Crippen molar-refractivity contribution in [3.63, 3.8) is 0 Å². The van der Waals surface area contributed by atoms with Crippen molar-refractivity contribution in [2.75, 3.05) is 11.1 Å². The van der Waals surface area contributed by atoms with Gasteiger partial charge in [0, 0.05) is 28.6 Å². The largest absolute Gasteiger partial charge is 0.416 e. The molecule has 3 aromatic rings. The molecule has 0 spiro atoms. The molecule has 5 nitrogen and oxygen atoms in total. The molecule has 0 aliphatic heterocycles. The first kappa shape index (κ1) is 19.4. The van der Waals surface area contributed by atoms with Gasteiger partial charge in [0.2, 0.25) is 5.91 Å².